The van der Waals surface area contributed by atoms with Gasteiger partial charge in [-0.1, -0.05) is 49.4 Å². The zero-order valence-corrected chi connectivity index (χ0v) is 8.01. The third kappa shape index (κ3) is 1.66. The highest BCUT2D eigenvalue weighted by Crippen LogP contribution is 2.31. The fraction of sp³-hybridized carbons (Fsp3) is 0. The molecule has 1 saturated heterocycles. The number of thioether (sulfide) groups is 1. The summed E-state index contributed by atoms with van der Waals surface area (Å²) in [4.78, 5) is 11.7. The van der Waals surface area contributed by atoms with E-state index in [9.17, 15) is 4.79 Å². The molecule has 1 amide bonds. The first-order valence-electron chi connectivity index (χ1n) is 2.74. The Morgan fingerprint density at radius 1 is 1.73 bits per heavy atom. The number of hydrogen-bond acceptors (Lipinski definition) is 4. The molecule has 1 aliphatic heterocycles. The fourth-order valence-electron chi connectivity index (χ4n) is 0.581. The van der Waals surface area contributed by atoms with Crippen LogP contribution in [0.15, 0.2) is 23.6 Å². The van der Waals surface area contributed by atoms with Crippen molar-refractivity contribution >= 4 is 47.0 Å². The Morgan fingerprint density at radius 3 is 2.73 bits per heavy atom. The second kappa shape index (κ2) is 3.42. The summed E-state index contributed by atoms with van der Waals surface area (Å²) >= 11 is 9.94. The molecule has 0 unspecified atom stereocenters. The molecule has 0 aromatic rings. The Balaban J connectivity index is 2.91. The molecular weight excluding hydrogens is 198 g/mol. The summed E-state index contributed by atoms with van der Waals surface area (Å²) in [5.41, 5.74) is 0. The Kier molecular flexibility index (Phi) is 2.75. The van der Waals surface area contributed by atoms with Crippen molar-refractivity contribution in [3.63, 3.8) is 0 Å². The summed E-state index contributed by atoms with van der Waals surface area (Å²) in [6, 6.07) is 0. The van der Waals surface area contributed by atoms with E-state index in [1.165, 1.54) is 11.8 Å². The van der Waals surface area contributed by atoms with Crippen molar-refractivity contribution in [3.05, 3.63) is 23.6 Å². The number of thiocarbonyl (C=S) groups is 1. The summed E-state index contributed by atoms with van der Waals surface area (Å²) in [5, 5.41) is 0. The molecule has 0 aromatic carbocycles. The standard InChI is InChI=1S/C6H5NOS3/c1-2-3-4-5(8)7(10)6(9)11-4/h2-3,10H,1H2. The van der Waals surface area contributed by atoms with Crippen LogP contribution in [0.1, 0.15) is 0 Å². The van der Waals surface area contributed by atoms with Gasteiger partial charge in [-0.3, -0.25) is 4.79 Å². The number of carbonyl (C=O) groups excluding carboxylic acids is 1. The van der Waals surface area contributed by atoms with Crippen LogP contribution in [-0.4, -0.2) is 14.5 Å². The molecule has 0 spiro atoms. The molecule has 0 radical (unpaired) electrons. The first-order chi connectivity index (χ1) is 5.16. The van der Waals surface area contributed by atoms with Crippen molar-refractivity contribution in [2.45, 2.75) is 0 Å². The SMILES string of the molecule is C=CC=C1SC(=S)N(S)C1=O. The van der Waals surface area contributed by atoms with Crippen LogP contribution in [-0.2, 0) is 4.79 Å². The van der Waals surface area contributed by atoms with Crippen LogP contribution >= 0.6 is 36.8 Å². The van der Waals surface area contributed by atoms with Crippen molar-refractivity contribution in [3.8, 4) is 0 Å². The molecule has 5 heteroatoms. The van der Waals surface area contributed by atoms with Gasteiger partial charge >= 0.3 is 0 Å². The number of allylic oxidation sites excluding steroid dienone is 2. The zero-order chi connectivity index (χ0) is 8.43. The second-order valence-electron chi connectivity index (χ2n) is 1.75. The molecule has 2 nitrogen and oxygen atoms in total. The Morgan fingerprint density at radius 2 is 2.36 bits per heavy atom. The largest absolute Gasteiger partial charge is 0.276 e. The maximum atomic E-state index is 11.1. The average Bonchev–Trinajstić information content (AvgIpc) is 2.19. The molecule has 0 bridgehead atoms. The van der Waals surface area contributed by atoms with Gasteiger partial charge in [-0.2, -0.15) is 0 Å². The third-order valence-corrected chi connectivity index (χ3v) is 3.02. The number of hydrogen-bond donors (Lipinski definition) is 1. The van der Waals surface area contributed by atoms with Crippen molar-refractivity contribution in [2.24, 2.45) is 0 Å². The highest BCUT2D eigenvalue weighted by molar-refractivity contribution is 8.27. The van der Waals surface area contributed by atoms with Gasteiger partial charge in [0.2, 0.25) is 0 Å². The first-order valence-corrected chi connectivity index (χ1v) is 4.37. The number of rotatable bonds is 1. The summed E-state index contributed by atoms with van der Waals surface area (Å²) in [5.74, 6) is -0.178. The highest BCUT2D eigenvalue weighted by Gasteiger charge is 2.29. The average molecular weight is 203 g/mol. The molecule has 0 atom stereocenters. The van der Waals surface area contributed by atoms with Crippen LogP contribution in [0.4, 0.5) is 0 Å². The van der Waals surface area contributed by atoms with E-state index in [-0.39, 0.29) is 5.91 Å². The van der Waals surface area contributed by atoms with E-state index in [1.807, 2.05) is 0 Å². The fourth-order valence-corrected chi connectivity index (χ4v) is 1.93. The predicted molar refractivity (Wildman–Crippen MR) is 54.3 cm³/mol. The Hall–Kier alpha value is -0.260. The van der Waals surface area contributed by atoms with Gasteiger partial charge < -0.3 is 0 Å². The molecule has 0 aromatic heterocycles. The van der Waals surface area contributed by atoms with Crippen molar-refractivity contribution in [2.75, 3.05) is 0 Å². The molecule has 1 aliphatic rings. The van der Waals surface area contributed by atoms with E-state index in [1.54, 1.807) is 12.2 Å². The molecule has 1 heterocycles. The van der Waals surface area contributed by atoms with E-state index < -0.39 is 0 Å². The first kappa shape index (κ1) is 8.83. The summed E-state index contributed by atoms with van der Waals surface area (Å²) < 4.78 is 1.61. The lowest BCUT2D eigenvalue weighted by molar-refractivity contribution is -0.118. The van der Waals surface area contributed by atoms with Crippen molar-refractivity contribution in [1.29, 1.82) is 0 Å². The Bertz CT molecular complexity index is 259. The Labute approximate surface area is 79.9 Å². The lowest BCUT2D eigenvalue weighted by Crippen LogP contribution is -2.16. The molecule has 1 rings (SSSR count). The smallest absolute Gasteiger partial charge is 0.267 e. The number of nitrogens with zero attached hydrogens (tertiary/aromatic N) is 1. The van der Waals surface area contributed by atoms with Crippen molar-refractivity contribution < 1.29 is 4.79 Å². The molecule has 0 saturated carbocycles. The van der Waals surface area contributed by atoms with Gasteiger partial charge in [0.25, 0.3) is 5.91 Å². The van der Waals surface area contributed by atoms with Gasteiger partial charge in [0.1, 0.15) is 0 Å². The van der Waals surface area contributed by atoms with Crippen LogP contribution in [0.25, 0.3) is 0 Å². The van der Waals surface area contributed by atoms with Crippen molar-refractivity contribution in [1.82, 2.24) is 4.31 Å². The molecule has 1 fully saturated rings. The predicted octanol–water partition coefficient (Wildman–Crippen LogP) is 1.76. The summed E-state index contributed by atoms with van der Waals surface area (Å²) in [6.07, 6.45) is 3.17. The van der Waals surface area contributed by atoms with Gasteiger partial charge in [-0.05, 0) is 6.08 Å². The van der Waals surface area contributed by atoms with Crippen LogP contribution in [0.5, 0.6) is 0 Å². The van der Waals surface area contributed by atoms with Gasteiger partial charge in [0, 0.05) is 0 Å². The minimum Gasteiger partial charge on any atom is -0.267 e. The number of carbonyl (C=O) groups is 1. The van der Waals surface area contributed by atoms with Crippen LogP contribution < -0.4 is 0 Å². The van der Waals surface area contributed by atoms with Crippen LogP contribution in [0.3, 0.4) is 0 Å². The maximum absolute atomic E-state index is 11.1. The minimum atomic E-state index is -0.178. The van der Waals surface area contributed by atoms with Crippen LogP contribution in [0.2, 0.25) is 0 Å². The van der Waals surface area contributed by atoms with Gasteiger partial charge in [-0.25, -0.2) is 4.31 Å². The zero-order valence-electron chi connectivity index (χ0n) is 5.48. The maximum Gasteiger partial charge on any atom is 0.276 e. The van der Waals surface area contributed by atoms with E-state index in [2.05, 4.69) is 19.4 Å². The highest BCUT2D eigenvalue weighted by atomic mass is 32.2. The molecule has 0 aliphatic carbocycles. The lowest BCUT2D eigenvalue weighted by atomic mass is 10.4. The van der Waals surface area contributed by atoms with E-state index in [0.29, 0.717) is 9.23 Å². The lowest BCUT2D eigenvalue weighted by Gasteiger charge is -2.00. The van der Waals surface area contributed by atoms with E-state index in [0.717, 1.165) is 4.31 Å². The van der Waals surface area contributed by atoms with Gasteiger partial charge in [-0.15, -0.1) is 0 Å². The topological polar surface area (TPSA) is 20.3 Å². The number of thiol groups is 1. The van der Waals surface area contributed by atoms with Gasteiger partial charge in [0.15, 0.2) is 4.32 Å². The number of amides is 1. The summed E-state index contributed by atoms with van der Waals surface area (Å²) in [6.45, 7) is 3.48. The van der Waals surface area contributed by atoms with E-state index in [4.69, 9.17) is 12.2 Å². The molecule has 58 valence electrons. The third-order valence-electron chi connectivity index (χ3n) is 1.04. The quantitative estimate of drug-likeness (QED) is 0.398. The molecule has 0 N–H and O–H groups in total. The van der Waals surface area contributed by atoms with Crippen LogP contribution in [0, 0.1) is 0 Å². The second-order valence-corrected chi connectivity index (χ2v) is 3.83. The molecular formula is C6H5NOS3. The van der Waals surface area contributed by atoms with E-state index >= 15 is 0 Å². The van der Waals surface area contributed by atoms with Gasteiger partial charge in [0.05, 0.1) is 4.91 Å². The monoisotopic (exact) mass is 203 g/mol. The normalized spacial score (nSPS) is 21.5. The minimum absolute atomic E-state index is 0.178. The molecule has 11 heavy (non-hydrogen) atoms. The summed E-state index contributed by atoms with van der Waals surface area (Å²) in [7, 11) is 0.